The van der Waals surface area contributed by atoms with E-state index in [4.69, 9.17) is 10.3 Å². The summed E-state index contributed by atoms with van der Waals surface area (Å²) in [7, 11) is 0. The van der Waals surface area contributed by atoms with Gasteiger partial charge in [-0.25, -0.2) is 14.2 Å². The van der Waals surface area contributed by atoms with Gasteiger partial charge in [0, 0.05) is 11.1 Å². The minimum Gasteiger partial charge on any atom is -0.469 e. The number of rotatable bonds is 3. The minimum absolute atomic E-state index is 0.112. The zero-order chi connectivity index (χ0) is 12.4. The number of furan rings is 1. The van der Waals surface area contributed by atoms with Crippen molar-refractivity contribution >= 4 is 0 Å². The molecule has 2 aromatic rings. The molecule has 1 aromatic carbocycles. The molecule has 0 aliphatic carbocycles. The third-order valence-electron chi connectivity index (χ3n) is 2.66. The predicted molar refractivity (Wildman–Crippen MR) is 59.0 cm³/mol. The van der Waals surface area contributed by atoms with Crippen molar-refractivity contribution < 1.29 is 13.2 Å². The molecule has 0 fully saturated rings. The first-order chi connectivity index (χ1) is 8.15. The van der Waals surface area contributed by atoms with E-state index in [1.54, 1.807) is 13.0 Å². The average Bonchev–Trinajstić information content (AvgIpc) is 2.70. The molecule has 1 heterocycles. The Bertz CT molecular complexity index is 505. The fourth-order valence-corrected chi connectivity index (χ4v) is 1.81. The lowest BCUT2D eigenvalue weighted by molar-refractivity contribution is 0.494. The topological polar surface area (TPSA) is 51.2 Å². The fraction of sp³-hybridized carbons (Fsp3) is 0.167. The van der Waals surface area contributed by atoms with Gasteiger partial charge in [0.2, 0.25) is 0 Å². The summed E-state index contributed by atoms with van der Waals surface area (Å²) in [5.41, 5.74) is 2.90. The molecule has 1 atom stereocenters. The Hall–Kier alpha value is -1.72. The first kappa shape index (κ1) is 11.8. The van der Waals surface area contributed by atoms with Gasteiger partial charge >= 0.3 is 0 Å². The summed E-state index contributed by atoms with van der Waals surface area (Å²) in [6.07, 6.45) is 1.45. The number of nitrogens with one attached hydrogen (secondary N) is 1. The lowest BCUT2D eigenvalue weighted by atomic mass is 9.99. The largest absolute Gasteiger partial charge is 0.469 e. The average molecular weight is 238 g/mol. The van der Waals surface area contributed by atoms with Gasteiger partial charge < -0.3 is 4.42 Å². The highest BCUT2D eigenvalue weighted by atomic mass is 19.1. The summed E-state index contributed by atoms with van der Waals surface area (Å²) >= 11 is 0. The van der Waals surface area contributed by atoms with Gasteiger partial charge in [0.05, 0.1) is 12.3 Å². The van der Waals surface area contributed by atoms with Gasteiger partial charge in [0.1, 0.15) is 17.4 Å². The number of hydrazine groups is 1. The van der Waals surface area contributed by atoms with Gasteiger partial charge in [-0.3, -0.25) is 5.84 Å². The monoisotopic (exact) mass is 238 g/mol. The van der Waals surface area contributed by atoms with Gasteiger partial charge in [0.15, 0.2) is 0 Å². The Morgan fingerprint density at radius 2 is 1.88 bits per heavy atom. The van der Waals surface area contributed by atoms with Crippen LogP contribution in [-0.4, -0.2) is 0 Å². The molecule has 0 saturated heterocycles. The number of hydrogen-bond acceptors (Lipinski definition) is 3. The summed E-state index contributed by atoms with van der Waals surface area (Å²) in [5.74, 6) is 4.65. The van der Waals surface area contributed by atoms with Gasteiger partial charge in [0.25, 0.3) is 0 Å². The van der Waals surface area contributed by atoms with E-state index < -0.39 is 17.7 Å². The van der Waals surface area contributed by atoms with Crippen LogP contribution in [0.1, 0.15) is 22.9 Å². The third-order valence-corrected chi connectivity index (χ3v) is 2.66. The molecular weight excluding hydrogens is 226 g/mol. The lowest BCUT2D eigenvalue weighted by Crippen LogP contribution is -2.30. The smallest absolute Gasteiger partial charge is 0.131 e. The van der Waals surface area contributed by atoms with Gasteiger partial charge in [-0.1, -0.05) is 6.07 Å². The van der Waals surface area contributed by atoms with E-state index >= 15 is 0 Å². The molecule has 2 rings (SSSR count). The van der Waals surface area contributed by atoms with Crippen molar-refractivity contribution in [2.75, 3.05) is 0 Å². The van der Waals surface area contributed by atoms with Gasteiger partial charge in [-0.05, 0) is 25.1 Å². The van der Waals surface area contributed by atoms with E-state index in [0.717, 1.165) is 0 Å². The Morgan fingerprint density at radius 3 is 2.35 bits per heavy atom. The maximum atomic E-state index is 13.6. The van der Waals surface area contributed by atoms with Crippen LogP contribution in [-0.2, 0) is 0 Å². The van der Waals surface area contributed by atoms with Crippen LogP contribution < -0.4 is 11.3 Å². The maximum absolute atomic E-state index is 13.6. The van der Waals surface area contributed by atoms with Crippen molar-refractivity contribution in [3.8, 4) is 0 Å². The summed E-state index contributed by atoms with van der Waals surface area (Å²) < 4.78 is 32.4. The van der Waals surface area contributed by atoms with Crippen LogP contribution in [0.15, 0.2) is 34.9 Å². The normalized spacial score (nSPS) is 12.7. The first-order valence-electron chi connectivity index (χ1n) is 5.09. The molecule has 0 radical (unpaired) electrons. The van der Waals surface area contributed by atoms with E-state index in [9.17, 15) is 8.78 Å². The molecule has 0 bridgehead atoms. The van der Waals surface area contributed by atoms with Crippen molar-refractivity contribution in [1.82, 2.24) is 5.43 Å². The Morgan fingerprint density at radius 1 is 1.24 bits per heavy atom. The number of halogens is 2. The molecule has 90 valence electrons. The highest BCUT2D eigenvalue weighted by Crippen LogP contribution is 2.28. The van der Waals surface area contributed by atoms with Crippen molar-refractivity contribution in [1.29, 1.82) is 0 Å². The second-order valence-electron chi connectivity index (χ2n) is 3.67. The minimum atomic E-state index is -0.769. The van der Waals surface area contributed by atoms with Gasteiger partial charge in [-0.2, -0.15) is 0 Å². The first-order valence-corrected chi connectivity index (χ1v) is 5.09. The SMILES string of the molecule is Cc1occc1C(NN)c1c(F)cccc1F. The van der Waals surface area contributed by atoms with E-state index in [0.29, 0.717) is 11.3 Å². The molecule has 17 heavy (non-hydrogen) atoms. The zero-order valence-electron chi connectivity index (χ0n) is 9.21. The van der Waals surface area contributed by atoms with Crippen LogP contribution in [0, 0.1) is 18.6 Å². The quantitative estimate of drug-likeness (QED) is 0.637. The maximum Gasteiger partial charge on any atom is 0.131 e. The van der Waals surface area contributed by atoms with Crippen molar-refractivity contribution in [2.24, 2.45) is 5.84 Å². The molecule has 1 unspecified atom stereocenters. The fourth-order valence-electron chi connectivity index (χ4n) is 1.81. The third kappa shape index (κ3) is 2.07. The molecule has 0 saturated carbocycles. The van der Waals surface area contributed by atoms with Crippen molar-refractivity contribution in [3.63, 3.8) is 0 Å². The molecule has 0 spiro atoms. The van der Waals surface area contributed by atoms with Crippen molar-refractivity contribution in [3.05, 3.63) is 59.1 Å². The molecular formula is C12H12F2N2O. The van der Waals surface area contributed by atoms with E-state index in [-0.39, 0.29) is 5.56 Å². The molecule has 5 heteroatoms. The molecule has 0 amide bonds. The number of aryl methyl sites for hydroxylation is 1. The Balaban J connectivity index is 2.53. The van der Waals surface area contributed by atoms with E-state index in [2.05, 4.69) is 5.43 Å². The molecule has 3 nitrogen and oxygen atoms in total. The standard InChI is InChI=1S/C12H12F2N2O/c1-7-8(5-6-17-7)12(16-15)11-9(13)3-2-4-10(11)14/h2-6,12,16H,15H2,1H3. The number of benzene rings is 1. The highest BCUT2D eigenvalue weighted by molar-refractivity contribution is 5.34. The van der Waals surface area contributed by atoms with Crippen LogP contribution in [0.4, 0.5) is 8.78 Å². The summed E-state index contributed by atoms with van der Waals surface area (Å²) in [6, 6.07) is 4.56. The van der Waals surface area contributed by atoms with Crippen molar-refractivity contribution in [2.45, 2.75) is 13.0 Å². The Kier molecular flexibility index (Phi) is 3.21. The van der Waals surface area contributed by atoms with Crippen LogP contribution >= 0.6 is 0 Å². The summed E-state index contributed by atoms with van der Waals surface area (Å²) in [4.78, 5) is 0. The van der Waals surface area contributed by atoms with Gasteiger partial charge in [-0.15, -0.1) is 0 Å². The molecule has 0 aliphatic rings. The second kappa shape index (κ2) is 4.65. The molecule has 1 aromatic heterocycles. The summed E-state index contributed by atoms with van der Waals surface area (Å²) in [5, 5.41) is 0. The lowest BCUT2D eigenvalue weighted by Gasteiger charge is -2.17. The second-order valence-corrected chi connectivity index (χ2v) is 3.67. The summed E-state index contributed by atoms with van der Waals surface area (Å²) in [6.45, 7) is 1.71. The molecule has 3 N–H and O–H groups in total. The number of hydrogen-bond donors (Lipinski definition) is 2. The predicted octanol–water partition coefficient (Wildman–Crippen LogP) is 2.42. The van der Waals surface area contributed by atoms with E-state index in [1.165, 1.54) is 24.5 Å². The highest BCUT2D eigenvalue weighted by Gasteiger charge is 2.23. The van der Waals surface area contributed by atoms with Crippen LogP contribution in [0.25, 0.3) is 0 Å². The van der Waals surface area contributed by atoms with Crippen LogP contribution in [0.2, 0.25) is 0 Å². The van der Waals surface area contributed by atoms with Crippen LogP contribution in [0.3, 0.4) is 0 Å². The molecule has 0 aliphatic heterocycles. The zero-order valence-corrected chi connectivity index (χ0v) is 9.21. The van der Waals surface area contributed by atoms with E-state index in [1.807, 2.05) is 0 Å². The van der Waals surface area contributed by atoms with Crippen LogP contribution in [0.5, 0.6) is 0 Å². The number of nitrogens with two attached hydrogens (primary N) is 1. The Labute approximate surface area is 97.2 Å².